The number of hydrogen-bond donors (Lipinski definition) is 2. The van der Waals surface area contributed by atoms with Gasteiger partial charge in [0.15, 0.2) is 5.82 Å². The molecule has 1 fully saturated rings. The lowest BCUT2D eigenvalue weighted by atomic mass is 10.1. The zero-order valence-corrected chi connectivity index (χ0v) is 16.5. The summed E-state index contributed by atoms with van der Waals surface area (Å²) in [6.07, 6.45) is 6.41. The van der Waals surface area contributed by atoms with E-state index < -0.39 is 17.0 Å². The molecule has 2 aromatic rings. The minimum absolute atomic E-state index is 0.202. The fourth-order valence-corrected chi connectivity index (χ4v) is 4.86. The molecule has 4 rings (SSSR count). The van der Waals surface area contributed by atoms with Gasteiger partial charge in [-0.25, -0.2) is 8.78 Å². The lowest BCUT2D eigenvalue weighted by molar-refractivity contribution is 0.583. The van der Waals surface area contributed by atoms with Crippen LogP contribution in [0.4, 0.5) is 20.3 Å². The topological polar surface area (TPSA) is 76.3 Å². The van der Waals surface area contributed by atoms with Crippen molar-refractivity contribution in [2.75, 3.05) is 22.9 Å². The van der Waals surface area contributed by atoms with Gasteiger partial charge in [0.05, 0.1) is 11.2 Å². The molecule has 0 saturated carbocycles. The molecule has 1 aromatic carbocycles. The summed E-state index contributed by atoms with van der Waals surface area (Å²) in [4.78, 5) is 4.15. The van der Waals surface area contributed by atoms with Gasteiger partial charge in [-0.15, -0.1) is 0 Å². The molecule has 1 saturated heterocycles. The molecule has 0 aliphatic carbocycles. The first kappa shape index (κ1) is 19.1. The number of benzene rings is 1. The molecule has 1 unspecified atom stereocenters. The summed E-state index contributed by atoms with van der Waals surface area (Å²) >= 11 is 1.30. The molecule has 2 atom stereocenters. The number of rotatable bonds is 3. The normalized spacial score (nSPS) is 23.1. The van der Waals surface area contributed by atoms with Gasteiger partial charge < -0.3 is 21.3 Å². The van der Waals surface area contributed by atoms with Crippen molar-refractivity contribution in [2.24, 2.45) is 18.5 Å². The molecular formula is C19H24F2N6S. The summed E-state index contributed by atoms with van der Waals surface area (Å²) in [6.45, 7) is 1.70. The first-order valence-corrected chi connectivity index (χ1v) is 10.2. The van der Waals surface area contributed by atoms with Crippen molar-refractivity contribution >= 4 is 23.3 Å². The number of anilines is 2. The molecule has 0 amide bonds. The third kappa shape index (κ3) is 3.56. The van der Waals surface area contributed by atoms with Crippen molar-refractivity contribution in [3.63, 3.8) is 0 Å². The maximum atomic E-state index is 14.5. The summed E-state index contributed by atoms with van der Waals surface area (Å²) in [6, 6.07) is 3.70. The Morgan fingerprint density at radius 1 is 1.21 bits per heavy atom. The van der Waals surface area contributed by atoms with E-state index in [4.69, 9.17) is 11.5 Å². The predicted molar refractivity (Wildman–Crippen MR) is 109 cm³/mol. The monoisotopic (exact) mass is 406 g/mol. The van der Waals surface area contributed by atoms with Crippen LogP contribution in [-0.4, -0.2) is 28.9 Å². The van der Waals surface area contributed by atoms with Gasteiger partial charge in [0.2, 0.25) is 0 Å². The van der Waals surface area contributed by atoms with Crippen LogP contribution in [0.2, 0.25) is 0 Å². The molecule has 6 nitrogen and oxygen atoms in total. The summed E-state index contributed by atoms with van der Waals surface area (Å²) in [7, 11) is 1.89. The Morgan fingerprint density at radius 2 is 2.04 bits per heavy atom. The van der Waals surface area contributed by atoms with E-state index in [9.17, 15) is 8.78 Å². The molecule has 9 heteroatoms. The van der Waals surface area contributed by atoms with E-state index in [1.807, 2.05) is 16.6 Å². The minimum Gasteiger partial charge on any atom is -0.392 e. The van der Waals surface area contributed by atoms with Crippen molar-refractivity contribution in [2.45, 2.75) is 30.7 Å². The average Bonchev–Trinajstić information content (AvgIpc) is 3.15. The molecule has 0 bridgehead atoms. The number of aromatic nitrogens is 2. The van der Waals surface area contributed by atoms with Gasteiger partial charge in [0.1, 0.15) is 22.7 Å². The van der Waals surface area contributed by atoms with Gasteiger partial charge >= 0.3 is 0 Å². The molecule has 2 aliphatic rings. The number of thioether (sulfide) groups is 1. The highest BCUT2D eigenvalue weighted by Gasteiger charge is 2.33. The van der Waals surface area contributed by atoms with Crippen LogP contribution in [0.3, 0.4) is 0 Å². The second-order valence-corrected chi connectivity index (χ2v) is 8.38. The highest BCUT2D eigenvalue weighted by Crippen LogP contribution is 2.47. The molecule has 3 heterocycles. The Kier molecular flexibility index (Phi) is 5.20. The van der Waals surface area contributed by atoms with Gasteiger partial charge in [-0.1, -0.05) is 11.8 Å². The number of hydrogen-bond acceptors (Lipinski definition) is 6. The molecule has 150 valence electrons. The minimum atomic E-state index is -0.493. The predicted octanol–water partition coefficient (Wildman–Crippen LogP) is 3.03. The van der Waals surface area contributed by atoms with Crippen LogP contribution < -0.4 is 21.3 Å². The zero-order chi connectivity index (χ0) is 19.8. The number of nitrogens with two attached hydrogens (primary N) is 2. The van der Waals surface area contributed by atoms with Crippen molar-refractivity contribution in [3.05, 3.63) is 52.8 Å². The largest absolute Gasteiger partial charge is 0.392 e. The van der Waals surface area contributed by atoms with Crippen LogP contribution in [0.25, 0.3) is 0 Å². The Balaban J connectivity index is 1.72. The van der Waals surface area contributed by atoms with Crippen molar-refractivity contribution in [3.8, 4) is 0 Å². The van der Waals surface area contributed by atoms with Crippen LogP contribution >= 0.6 is 11.8 Å². The van der Waals surface area contributed by atoms with Crippen LogP contribution in [0.1, 0.15) is 30.2 Å². The third-order valence-corrected chi connectivity index (χ3v) is 6.31. The quantitative estimate of drug-likeness (QED) is 0.816. The summed E-state index contributed by atoms with van der Waals surface area (Å²) in [5.74, 6) is -0.00372. The lowest BCUT2D eigenvalue weighted by Gasteiger charge is -2.29. The molecule has 1 aromatic heterocycles. The van der Waals surface area contributed by atoms with E-state index in [0.29, 0.717) is 5.03 Å². The van der Waals surface area contributed by atoms with E-state index in [-0.39, 0.29) is 11.6 Å². The van der Waals surface area contributed by atoms with E-state index in [1.54, 1.807) is 12.4 Å². The van der Waals surface area contributed by atoms with Crippen molar-refractivity contribution < 1.29 is 8.78 Å². The van der Waals surface area contributed by atoms with E-state index >= 15 is 0 Å². The lowest BCUT2D eigenvalue weighted by Crippen LogP contribution is -2.30. The molecular weight excluding hydrogens is 382 g/mol. The maximum Gasteiger partial charge on any atom is 0.150 e. The summed E-state index contributed by atoms with van der Waals surface area (Å²) in [5, 5.41) is 4.48. The van der Waals surface area contributed by atoms with E-state index in [1.165, 1.54) is 17.8 Å². The fraction of sp³-hybridized carbons (Fsp3) is 0.421. The number of halogens is 2. The smallest absolute Gasteiger partial charge is 0.150 e. The Bertz CT molecular complexity index is 899. The Hall–Kier alpha value is -2.26. The average molecular weight is 407 g/mol. The van der Waals surface area contributed by atoms with Crippen molar-refractivity contribution in [1.82, 2.24) is 9.78 Å². The zero-order valence-electron chi connectivity index (χ0n) is 15.7. The highest BCUT2D eigenvalue weighted by atomic mass is 32.2. The highest BCUT2D eigenvalue weighted by molar-refractivity contribution is 8.03. The first-order valence-electron chi connectivity index (χ1n) is 9.34. The van der Waals surface area contributed by atoms with Gasteiger partial charge in [-0.05, 0) is 37.5 Å². The van der Waals surface area contributed by atoms with Crippen LogP contribution in [-0.2, 0) is 7.05 Å². The maximum absolute atomic E-state index is 14.5. The summed E-state index contributed by atoms with van der Waals surface area (Å²) in [5.41, 5.74) is 13.3. The van der Waals surface area contributed by atoms with E-state index in [0.717, 1.165) is 56.0 Å². The Labute approximate surface area is 167 Å². The van der Waals surface area contributed by atoms with Crippen LogP contribution in [0.5, 0.6) is 0 Å². The molecule has 0 radical (unpaired) electrons. The first-order chi connectivity index (χ1) is 13.4. The second kappa shape index (κ2) is 7.63. The van der Waals surface area contributed by atoms with Gasteiger partial charge in [0.25, 0.3) is 0 Å². The van der Waals surface area contributed by atoms with Gasteiger partial charge in [0, 0.05) is 37.9 Å². The van der Waals surface area contributed by atoms with Crippen LogP contribution in [0.15, 0.2) is 35.6 Å². The fourth-order valence-electron chi connectivity index (χ4n) is 3.84. The molecule has 28 heavy (non-hydrogen) atoms. The second-order valence-electron chi connectivity index (χ2n) is 7.23. The number of aryl methyl sites for hydroxylation is 1. The van der Waals surface area contributed by atoms with E-state index in [2.05, 4.69) is 10.00 Å². The van der Waals surface area contributed by atoms with Gasteiger partial charge in [-0.3, -0.25) is 4.68 Å². The van der Waals surface area contributed by atoms with Crippen LogP contribution in [0, 0.1) is 11.6 Å². The van der Waals surface area contributed by atoms with Crippen molar-refractivity contribution in [1.29, 1.82) is 0 Å². The summed E-state index contributed by atoms with van der Waals surface area (Å²) < 4.78 is 30.1. The molecule has 0 spiro atoms. The SMILES string of the molecule is Cn1ncc(N2C=C(N)S[C@@H]2c2cc(F)ccc2F)c1N1CCCC(N)CC1. The number of nitrogens with zero attached hydrogens (tertiary/aromatic N) is 4. The molecule has 4 N–H and O–H groups in total. The Morgan fingerprint density at radius 3 is 2.86 bits per heavy atom. The molecule has 2 aliphatic heterocycles. The van der Waals surface area contributed by atoms with Gasteiger partial charge in [-0.2, -0.15) is 5.10 Å². The third-order valence-electron chi connectivity index (χ3n) is 5.23. The standard InChI is InChI=1S/C19H24F2N6S/c1-25-18(26-7-2-3-13(22)6-8-26)16(10-24-25)27-11-17(23)28-19(27)14-9-12(20)4-5-15(14)21/h4-5,9-11,13,19H,2-3,6-8,22-23H2,1H3/t13?,19-/m1/s1.